The van der Waals surface area contributed by atoms with Gasteiger partial charge in [0, 0.05) is 17.3 Å². The van der Waals surface area contributed by atoms with Crippen LogP contribution < -0.4 is 14.4 Å². The normalized spacial score (nSPS) is 18.6. The molecule has 1 atom stereocenters. The fourth-order valence-electron chi connectivity index (χ4n) is 3.36. The van der Waals surface area contributed by atoms with Gasteiger partial charge in [-0.05, 0) is 37.3 Å². The van der Waals surface area contributed by atoms with Crippen LogP contribution in [0, 0.1) is 6.92 Å². The summed E-state index contributed by atoms with van der Waals surface area (Å²) in [4.78, 5) is 32.6. The topological polar surface area (TPSA) is 81.2 Å². The predicted molar refractivity (Wildman–Crippen MR) is 110 cm³/mol. The van der Waals surface area contributed by atoms with Gasteiger partial charge in [0.1, 0.15) is 30.8 Å². The lowest BCUT2D eigenvalue weighted by Gasteiger charge is -2.35. The molecule has 30 heavy (non-hydrogen) atoms. The molecule has 9 heteroatoms. The van der Waals surface area contributed by atoms with E-state index in [0.29, 0.717) is 48.5 Å². The fourth-order valence-corrected chi connectivity index (χ4v) is 3.53. The summed E-state index contributed by atoms with van der Waals surface area (Å²) < 4.78 is 16.9. The van der Waals surface area contributed by atoms with Crippen molar-refractivity contribution >= 4 is 29.1 Å². The van der Waals surface area contributed by atoms with Crippen molar-refractivity contribution in [2.24, 2.45) is 0 Å². The molecule has 158 valence electrons. The molecule has 2 aliphatic rings. The molecule has 0 bridgehead atoms. The Morgan fingerprint density at radius 2 is 2.20 bits per heavy atom. The highest BCUT2D eigenvalue weighted by Crippen LogP contribution is 2.34. The Labute approximate surface area is 179 Å². The molecule has 2 aromatic rings. The molecule has 1 aromatic heterocycles. The van der Waals surface area contributed by atoms with Crippen LogP contribution in [0.3, 0.4) is 0 Å². The Bertz CT molecular complexity index is 937. The van der Waals surface area contributed by atoms with Crippen LogP contribution >= 0.6 is 11.6 Å². The average Bonchev–Trinajstić information content (AvgIpc) is 2.75. The Kier molecular flexibility index (Phi) is 6.06. The van der Waals surface area contributed by atoms with Gasteiger partial charge < -0.3 is 19.1 Å². The van der Waals surface area contributed by atoms with Crippen molar-refractivity contribution in [3.63, 3.8) is 0 Å². The number of benzene rings is 1. The largest absolute Gasteiger partial charge is 0.489 e. The van der Waals surface area contributed by atoms with Gasteiger partial charge in [-0.15, -0.1) is 0 Å². The van der Waals surface area contributed by atoms with Gasteiger partial charge in [-0.25, -0.2) is 0 Å². The first kappa shape index (κ1) is 20.4. The number of carbonyl (C=O) groups excluding carboxylic acids is 2. The fraction of sp³-hybridized carbons (Fsp3) is 0.381. The molecule has 2 aliphatic heterocycles. The summed E-state index contributed by atoms with van der Waals surface area (Å²) in [6.45, 7) is 3.29. The van der Waals surface area contributed by atoms with Crippen LogP contribution in [-0.2, 0) is 14.3 Å². The average molecular weight is 432 g/mol. The second-order valence-electron chi connectivity index (χ2n) is 7.16. The highest BCUT2D eigenvalue weighted by atomic mass is 35.5. The number of morpholine rings is 1. The molecule has 1 fully saturated rings. The first-order valence-electron chi connectivity index (χ1n) is 9.67. The third-order valence-electron chi connectivity index (χ3n) is 4.97. The number of ether oxygens (including phenoxy) is 3. The molecule has 0 saturated carbocycles. The van der Waals surface area contributed by atoms with Crippen molar-refractivity contribution in [3.05, 3.63) is 47.2 Å². The number of aromatic nitrogens is 1. The van der Waals surface area contributed by atoms with E-state index in [4.69, 9.17) is 25.8 Å². The van der Waals surface area contributed by atoms with Gasteiger partial charge >= 0.3 is 0 Å². The maximum absolute atomic E-state index is 12.9. The van der Waals surface area contributed by atoms with Crippen LogP contribution in [0.25, 0.3) is 0 Å². The van der Waals surface area contributed by atoms with Gasteiger partial charge in [-0.1, -0.05) is 11.6 Å². The summed E-state index contributed by atoms with van der Waals surface area (Å²) in [5.74, 6) is 0.742. The number of amides is 2. The maximum atomic E-state index is 12.9. The van der Waals surface area contributed by atoms with E-state index < -0.39 is 0 Å². The Balaban J connectivity index is 1.37. The minimum absolute atomic E-state index is 0.0784. The van der Waals surface area contributed by atoms with Crippen LogP contribution in [-0.4, -0.2) is 67.3 Å². The van der Waals surface area contributed by atoms with E-state index in [1.54, 1.807) is 29.3 Å². The Morgan fingerprint density at radius 1 is 1.33 bits per heavy atom. The summed E-state index contributed by atoms with van der Waals surface area (Å²) in [6, 6.07) is 8.74. The van der Waals surface area contributed by atoms with E-state index in [2.05, 4.69) is 4.98 Å². The number of nitrogens with zero attached hydrogens (tertiary/aromatic N) is 3. The molecule has 1 unspecified atom stereocenters. The van der Waals surface area contributed by atoms with Crippen molar-refractivity contribution in [1.82, 2.24) is 9.88 Å². The van der Waals surface area contributed by atoms with Crippen molar-refractivity contribution in [1.29, 1.82) is 0 Å². The van der Waals surface area contributed by atoms with Crippen LogP contribution in [0.15, 0.2) is 36.5 Å². The number of fused-ring (bicyclic) bond motifs is 1. The van der Waals surface area contributed by atoms with Crippen molar-refractivity contribution in [2.45, 2.75) is 13.0 Å². The number of carbonyl (C=O) groups is 2. The second-order valence-corrected chi connectivity index (χ2v) is 7.60. The van der Waals surface area contributed by atoms with Gasteiger partial charge in [0.15, 0.2) is 6.61 Å². The molecule has 1 saturated heterocycles. The number of halogens is 1. The van der Waals surface area contributed by atoms with Gasteiger partial charge in [-0.2, -0.15) is 0 Å². The lowest BCUT2D eigenvalue weighted by Crippen LogP contribution is -2.52. The number of aryl methyl sites for hydroxylation is 1. The van der Waals surface area contributed by atoms with Crippen LogP contribution in [0.1, 0.15) is 5.69 Å². The Morgan fingerprint density at radius 3 is 3.00 bits per heavy atom. The van der Waals surface area contributed by atoms with Crippen LogP contribution in [0.5, 0.6) is 11.5 Å². The molecule has 0 aliphatic carbocycles. The first-order valence-corrected chi connectivity index (χ1v) is 10.0. The summed E-state index contributed by atoms with van der Waals surface area (Å²) in [5.41, 5.74) is 1.42. The van der Waals surface area contributed by atoms with E-state index in [1.807, 2.05) is 19.1 Å². The monoisotopic (exact) mass is 431 g/mol. The molecule has 1 aromatic carbocycles. The van der Waals surface area contributed by atoms with E-state index in [0.717, 1.165) is 5.69 Å². The maximum Gasteiger partial charge on any atom is 0.265 e. The molecule has 8 nitrogen and oxygen atoms in total. The number of anilines is 1. The van der Waals surface area contributed by atoms with Gasteiger partial charge in [0.25, 0.3) is 5.91 Å². The van der Waals surface area contributed by atoms with E-state index in [9.17, 15) is 9.59 Å². The lowest BCUT2D eigenvalue weighted by molar-refractivity contribution is -0.139. The minimum atomic E-state index is -0.280. The van der Waals surface area contributed by atoms with Gasteiger partial charge in [-0.3, -0.25) is 19.5 Å². The van der Waals surface area contributed by atoms with Crippen LogP contribution in [0.2, 0.25) is 5.02 Å². The first-order chi connectivity index (χ1) is 14.5. The molecular weight excluding hydrogens is 410 g/mol. The van der Waals surface area contributed by atoms with Crippen molar-refractivity contribution in [3.8, 4) is 11.5 Å². The van der Waals surface area contributed by atoms with Gasteiger partial charge in [0.2, 0.25) is 5.91 Å². The molecule has 3 heterocycles. The Hall–Kier alpha value is -2.84. The molecule has 2 amide bonds. The molecular formula is C21H22ClN3O5. The highest BCUT2D eigenvalue weighted by Gasteiger charge is 2.31. The van der Waals surface area contributed by atoms with Crippen LogP contribution in [0.4, 0.5) is 5.69 Å². The number of rotatable bonds is 5. The number of pyridine rings is 1. The second kappa shape index (κ2) is 8.89. The summed E-state index contributed by atoms with van der Waals surface area (Å²) in [6.07, 6.45) is 1.40. The van der Waals surface area contributed by atoms with E-state index >= 15 is 0 Å². The molecule has 0 radical (unpaired) electrons. The third kappa shape index (κ3) is 4.66. The molecule has 4 rings (SSSR count). The molecule has 0 spiro atoms. The number of hydrogen-bond donors (Lipinski definition) is 0. The lowest BCUT2D eigenvalue weighted by atomic mass is 10.2. The van der Waals surface area contributed by atoms with E-state index in [1.165, 1.54) is 4.90 Å². The smallest absolute Gasteiger partial charge is 0.265 e. The number of hydrogen-bond acceptors (Lipinski definition) is 6. The standard InChI is InChI=1S/C21H22ClN3O5/c1-14-2-4-16(9-23-14)29-12-17-10-24(6-7-28-17)20(26)11-25-18-8-15(22)3-5-19(18)30-13-21(25)27/h2-5,8-9,17H,6-7,10-13H2,1H3. The quantitative estimate of drug-likeness (QED) is 0.721. The summed E-state index contributed by atoms with van der Waals surface area (Å²) in [7, 11) is 0. The predicted octanol–water partition coefficient (Wildman–Crippen LogP) is 2.08. The summed E-state index contributed by atoms with van der Waals surface area (Å²) >= 11 is 6.06. The van der Waals surface area contributed by atoms with Crippen molar-refractivity contribution in [2.75, 3.05) is 44.4 Å². The van der Waals surface area contributed by atoms with Gasteiger partial charge in [0.05, 0.1) is 25.0 Å². The third-order valence-corrected chi connectivity index (χ3v) is 5.20. The van der Waals surface area contributed by atoms with E-state index in [-0.39, 0.29) is 31.1 Å². The minimum Gasteiger partial charge on any atom is -0.489 e. The summed E-state index contributed by atoms with van der Waals surface area (Å²) in [5, 5.41) is 0.471. The molecule has 0 N–H and O–H groups in total. The highest BCUT2D eigenvalue weighted by molar-refractivity contribution is 6.31. The zero-order chi connectivity index (χ0) is 21.1. The zero-order valence-electron chi connectivity index (χ0n) is 16.5. The van der Waals surface area contributed by atoms with Crippen molar-refractivity contribution < 1.29 is 23.8 Å². The SMILES string of the molecule is Cc1ccc(OCC2CN(C(=O)CN3C(=O)COc4ccc(Cl)cc43)CCO2)cn1. The zero-order valence-corrected chi connectivity index (χ0v) is 17.3.